The van der Waals surface area contributed by atoms with Crippen LogP contribution in [-0.2, 0) is 25.0 Å². The first-order valence-electron chi connectivity index (χ1n) is 6.67. The third-order valence-electron chi connectivity index (χ3n) is 3.10. The molecule has 1 aromatic carbocycles. The monoisotopic (exact) mass is 324 g/mol. The molecular formula is C19H31NV. The van der Waals surface area contributed by atoms with Gasteiger partial charge >= 0.3 is 0 Å². The standard InChI is InChI=1S/C15H17N.C2H6.2CH4.V/c1-4-5-8-16-14-7-6-13-9-11(2)12(3)15(13)10-14;1-2;;;/h4-8,10H,9H2,1-3H3;1-2H3;2*1H4;. The molecule has 21 heavy (non-hydrogen) atoms. The van der Waals surface area contributed by atoms with Crippen LogP contribution in [0.4, 0.5) is 5.69 Å². The predicted octanol–water partition coefficient (Wildman–Crippen LogP) is 6.61. The topological polar surface area (TPSA) is 12.4 Å². The molecule has 1 aromatic rings. The molecule has 0 unspecified atom stereocenters. The summed E-state index contributed by atoms with van der Waals surface area (Å²) in [6, 6.07) is 6.46. The Morgan fingerprint density at radius 1 is 1.10 bits per heavy atom. The molecule has 0 fully saturated rings. The van der Waals surface area contributed by atoms with Crippen LogP contribution in [0.15, 0.2) is 40.9 Å². The van der Waals surface area contributed by atoms with E-state index in [0.29, 0.717) is 0 Å². The second-order valence-corrected chi connectivity index (χ2v) is 4.23. The largest absolute Gasteiger partial charge is 0.257 e. The van der Waals surface area contributed by atoms with E-state index in [1.807, 2.05) is 39.1 Å². The van der Waals surface area contributed by atoms with Crippen molar-refractivity contribution < 1.29 is 18.6 Å². The van der Waals surface area contributed by atoms with Crippen LogP contribution in [0.3, 0.4) is 0 Å². The summed E-state index contributed by atoms with van der Waals surface area (Å²) in [6.07, 6.45) is 6.86. The second kappa shape index (κ2) is 12.7. The van der Waals surface area contributed by atoms with Gasteiger partial charge in [0.05, 0.1) is 5.69 Å². The first kappa shape index (κ1) is 24.9. The fourth-order valence-electron chi connectivity index (χ4n) is 2.01. The molecule has 0 N–H and O–H groups in total. The van der Waals surface area contributed by atoms with E-state index in [0.717, 1.165) is 12.1 Å². The van der Waals surface area contributed by atoms with Crippen molar-refractivity contribution in [3.63, 3.8) is 0 Å². The predicted molar refractivity (Wildman–Crippen MR) is 96.2 cm³/mol. The smallest absolute Gasteiger partial charge is 0.0635 e. The Bertz CT molecular complexity index is 496. The Labute approximate surface area is 144 Å². The minimum Gasteiger partial charge on any atom is -0.257 e. The van der Waals surface area contributed by atoms with E-state index < -0.39 is 0 Å². The van der Waals surface area contributed by atoms with Crippen LogP contribution in [0.2, 0.25) is 0 Å². The zero-order chi connectivity index (χ0) is 13.5. The van der Waals surface area contributed by atoms with Crippen LogP contribution in [0.25, 0.3) is 5.57 Å². The van der Waals surface area contributed by atoms with Crippen LogP contribution in [0.5, 0.6) is 0 Å². The molecule has 0 bridgehead atoms. The van der Waals surface area contributed by atoms with E-state index in [9.17, 15) is 0 Å². The second-order valence-electron chi connectivity index (χ2n) is 4.23. The Morgan fingerprint density at radius 3 is 2.29 bits per heavy atom. The van der Waals surface area contributed by atoms with Crippen molar-refractivity contribution in [3.8, 4) is 0 Å². The summed E-state index contributed by atoms with van der Waals surface area (Å²) in [6.45, 7) is 10.4. The number of rotatable bonds is 2. The van der Waals surface area contributed by atoms with Gasteiger partial charge in [0.2, 0.25) is 0 Å². The van der Waals surface area contributed by atoms with E-state index in [4.69, 9.17) is 0 Å². The fraction of sp³-hybridized carbons (Fsp3) is 0.421. The van der Waals surface area contributed by atoms with Gasteiger partial charge in [-0.05, 0) is 62.1 Å². The zero-order valence-electron chi connectivity index (χ0n) is 12.6. The molecule has 1 aliphatic carbocycles. The normalized spacial score (nSPS) is 12.0. The summed E-state index contributed by atoms with van der Waals surface area (Å²) in [4.78, 5) is 4.40. The molecule has 0 saturated carbocycles. The van der Waals surface area contributed by atoms with Gasteiger partial charge in [-0.15, -0.1) is 0 Å². The molecule has 0 aromatic heterocycles. The van der Waals surface area contributed by atoms with E-state index in [1.54, 1.807) is 0 Å². The molecule has 0 atom stereocenters. The Morgan fingerprint density at radius 2 is 1.71 bits per heavy atom. The molecule has 0 amide bonds. The first-order valence-corrected chi connectivity index (χ1v) is 6.67. The van der Waals surface area contributed by atoms with Crippen LogP contribution >= 0.6 is 0 Å². The van der Waals surface area contributed by atoms with Crippen molar-refractivity contribution in [1.82, 2.24) is 0 Å². The Kier molecular flexibility index (Phi) is 15.1. The van der Waals surface area contributed by atoms with Gasteiger partial charge in [-0.1, -0.05) is 46.4 Å². The van der Waals surface area contributed by atoms with Crippen molar-refractivity contribution in [2.24, 2.45) is 4.99 Å². The number of fused-ring (bicyclic) bond motifs is 1. The van der Waals surface area contributed by atoms with Crippen LogP contribution in [-0.4, -0.2) is 6.21 Å². The van der Waals surface area contributed by atoms with Gasteiger partial charge in [0, 0.05) is 24.8 Å². The number of nitrogens with zero attached hydrogens (tertiary/aromatic N) is 1. The van der Waals surface area contributed by atoms with Gasteiger partial charge in [0.15, 0.2) is 0 Å². The molecule has 0 heterocycles. The van der Waals surface area contributed by atoms with E-state index in [1.165, 1.54) is 22.3 Å². The van der Waals surface area contributed by atoms with Gasteiger partial charge in [-0.3, -0.25) is 4.99 Å². The first-order chi connectivity index (χ1) is 8.72. The summed E-state index contributed by atoms with van der Waals surface area (Å²) < 4.78 is 0. The van der Waals surface area contributed by atoms with Crippen LogP contribution in [0.1, 0.15) is 60.6 Å². The summed E-state index contributed by atoms with van der Waals surface area (Å²) >= 11 is 0. The van der Waals surface area contributed by atoms with Gasteiger partial charge in [0.25, 0.3) is 0 Å². The Balaban J connectivity index is -0.000000621. The van der Waals surface area contributed by atoms with Gasteiger partial charge in [0.1, 0.15) is 0 Å². The minimum atomic E-state index is 0. The van der Waals surface area contributed by atoms with Crippen LogP contribution < -0.4 is 0 Å². The third kappa shape index (κ3) is 6.50. The molecule has 117 valence electrons. The molecule has 0 saturated heterocycles. The van der Waals surface area contributed by atoms with Gasteiger partial charge in [-0.25, -0.2) is 0 Å². The summed E-state index contributed by atoms with van der Waals surface area (Å²) in [5, 5.41) is 0. The zero-order valence-corrected chi connectivity index (χ0v) is 14.0. The average Bonchev–Trinajstić information content (AvgIpc) is 2.68. The number of benzene rings is 1. The van der Waals surface area contributed by atoms with Gasteiger partial charge in [-0.2, -0.15) is 0 Å². The van der Waals surface area contributed by atoms with Crippen LogP contribution in [0, 0.1) is 0 Å². The molecule has 0 spiro atoms. The van der Waals surface area contributed by atoms with E-state index >= 15 is 0 Å². The number of hydrogen-bond donors (Lipinski definition) is 0. The van der Waals surface area contributed by atoms with Crippen molar-refractivity contribution in [2.45, 2.75) is 55.9 Å². The molecule has 1 nitrogen and oxygen atoms in total. The third-order valence-corrected chi connectivity index (χ3v) is 3.10. The molecule has 2 rings (SSSR count). The summed E-state index contributed by atoms with van der Waals surface area (Å²) in [7, 11) is 0. The maximum absolute atomic E-state index is 4.40. The molecule has 1 aliphatic rings. The van der Waals surface area contributed by atoms with Crippen molar-refractivity contribution >= 4 is 17.5 Å². The number of aliphatic imine (C=N–C) groups is 1. The maximum Gasteiger partial charge on any atom is 0.0635 e. The average molecular weight is 324 g/mol. The SMILES string of the molecule is C.C.CC.CC=CC=Nc1ccc2c(c1)C(C)=C(C)C2.[V]. The van der Waals surface area contributed by atoms with E-state index in [2.05, 4.69) is 37.0 Å². The van der Waals surface area contributed by atoms with Crippen molar-refractivity contribution in [3.05, 3.63) is 47.1 Å². The maximum atomic E-state index is 4.40. The van der Waals surface area contributed by atoms with Crippen molar-refractivity contribution in [2.75, 3.05) is 0 Å². The van der Waals surface area contributed by atoms with E-state index in [-0.39, 0.29) is 33.4 Å². The summed E-state index contributed by atoms with van der Waals surface area (Å²) in [5.41, 5.74) is 6.72. The minimum absolute atomic E-state index is 0. The molecule has 2 heteroatoms. The quantitative estimate of drug-likeness (QED) is 0.543. The Hall–Kier alpha value is -1.05. The molecule has 0 aliphatic heterocycles. The van der Waals surface area contributed by atoms with Crippen molar-refractivity contribution in [1.29, 1.82) is 0 Å². The van der Waals surface area contributed by atoms with Gasteiger partial charge < -0.3 is 0 Å². The summed E-state index contributed by atoms with van der Waals surface area (Å²) in [5.74, 6) is 0. The fourth-order valence-corrected chi connectivity index (χ4v) is 2.01. The molecular weight excluding hydrogens is 293 g/mol. The number of hydrogen-bond acceptors (Lipinski definition) is 1. The number of allylic oxidation sites excluding steroid dienone is 4. The molecule has 1 radical (unpaired) electrons.